The van der Waals surface area contributed by atoms with Crippen molar-refractivity contribution in [1.82, 2.24) is 4.42 Å². The molecular formula is C11H18ClNO2. The molecule has 0 bridgehead atoms. The van der Waals surface area contributed by atoms with Crippen molar-refractivity contribution in [2.24, 2.45) is 17.8 Å². The van der Waals surface area contributed by atoms with Crippen LogP contribution in [0.1, 0.15) is 25.7 Å². The minimum absolute atomic E-state index is 0.0262. The van der Waals surface area contributed by atoms with Gasteiger partial charge in [0.25, 0.3) is 0 Å². The zero-order valence-electron chi connectivity index (χ0n) is 9.12. The Kier molecular flexibility index (Phi) is 3.52. The summed E-state index contributed by atoms with van der Waals surface area (Å²) in [7, 11) is 1.48. The van der Waals surface area contributed by atoms with Crippen LogP contribution in [0.15, 0.2) is 0 Å². The van der Waals surface area contributed by atoms with Crippen LogP contribution in [0, 0.1) is 17.8 Å². The SMILES string of the molecule is COC(=O)C1CCCC(C2CN(Cl)C2)C1. The van der Waals surface area contributed by atoms with E-state index in [1.807, 2.05) is 4.42 Å². The molecule has 2 rings (SSSR count). The summed E-state index contributed by atoms with van der Waals surface area (Å²) in [6.07, 6.45) is 4.41. The summed E-state index contributed by atoms with van der Waals surface area (Å²) in [5.41, 5.74) is 0. The Bertz CT molecular complexity index is 241. The van der Waals surface area contributed by atoms with E-state index in [0.29, 0.717) is 11.8 Å². The number of carbonyl (C=O) groups excluding carboxylic acids is 1. The van der Waals surface area contributed by atoms with Gasteiger partial charge in [-0.1, -0.05) is 12.8 Å². The monoisotopic (exact) mass is 231 g/mol. The Morgan fingerprint density at radius 1 is 1.33 bits per heavy atom. The summed E-state index contributed by atoms with van der Waals surface area (Å²) in [5, 5.41) is 0. The molecule has 1 saturated carbocycles. The number of esters is 1. The first-order valence-corrected chi connectivity index (χ1v) is 6.03. The number of methoxy groups -OCH3 is 1. The van der Waals surface area contributed by atoms with E-state index in [9.17, 15) is 4.79 Å². The van der Waals surface area contributed by atoms with Crippen molar-refractivity contribution < 1.29 is 9.53 Å². The smallest absolute Gasteiger partial charge is 0.308 e. The van der Waals surface area contributed by atoms with Crippen molar-refractivity contribution in [1.29, 1.82) is 0 Å². The predicted octanol–water partition coefficient (Wildman–Crippen LogP) is 2.05. The molecule has 1 heterocycles. The highest BCUT2D eigenvalue weighted by Crippen LogP contribution is 2.38. The number of ether oxygens (including phenoxy) is 1. The van der Waals surface area contributed by atoms with Gasteiger partial charge in [0.05, 0.1) is 13.0 Å². The number of hydrogen-bond donors (Lipinski definition) is 0. The Hall–Kier alpha value is -0.280. The van der Waals surface area contributed by atoms with Crippen molar-refractivity contribution >= 4 is 17.7 Å². The molecule has 0 aromatic rings. The van der Waals surface area contributed by atoms with E-state index in [1.165, 1.54) is 13.5 Å². The summed E-state index contributed by atoms with van der Waals surface area (Å²) in [6, 6.07) is 0. The van der Waals surface area contributed by atoms with E-state index in [-0.39, 0.29) is 11.9 Å². The summed E-state index contributed by atoms with van der Waals surface area (Å²) in [5.74, 6) is 1.49. The Labute approximate surface area is 95.8 Å². The molecule has 4 heteroatoms. The fourth-order valence-electron chi connectivity index (χ4n) is 2.79. The zero-order chi connectivity index (χ0) is 10.8. The first kappa shape index (κ1) is 11.2. The van der Waals surface area contributed by atoms with Gasteiger partial charge in [-0.05, 0) is 36.5 Å². The van der Waals surface area contributed by atoms with E-state index in [4.69, 9.17) is 16.5 Å². The van der Waals surface area contributed by atoms with Crippen molar-refractivity contribution in [2.45, 2.75) is 25.7 Å². The van der Waals surface area contributed by atoms with Crippen LogP contribution in [-0.4, -0.2) is 30.6 Å². The van der Waals surface area contributed by atoms with E-state index >= 15 is 0 Å². The highest BCUT2D eigenvalue weighted by molar-refractivity contribution is 6.13. The van der Waals surface area contributed by atoms with Gasteiger partial charge in [-0.25, -0.2) is 4.42 Å². The fraction of sp³-hybridized carbons (Fsp3) is 0.909. The summed E-state index contributed by atoms with van der Waals surface area (Å²) < 4.78 is 6.64. The number of halogens is 1. The van der Waals surface area contributed by atoms with E-state index < -0.39 is 0 Å². The van der Waals surface area contributed by atoms with Crippen molar-refractivity contribution in [2.75, 3.05) is 20.2 Å². The van der Waals surface area contributed by atoms with Gasteiger partial charge >= 0.3 is 5.97 Å². The molecule has 86 valence electrons. The van der Waals surface area contributed by atoms with Crippen molar-refractivity contribution in [3.8, 4) is 0 Å². The number of rotatable bonds is 2. The van der Waals surface area contributed by atoms with Crippen LogP contribution in [0.25, 0.3) is 0 Å². The first-order chi connectivity index (χ1) is 7.20. The van der Waals surface area contributed by atoms with Crippen LogP contribution in [0.3, 0.4) is 0 Å². The molecule has 1 aliphatic heterocycles. The molecule has 3 nitrogen and oxygen atoms in total. The molecule has 2 unspecified atom stereocenters. The van der Waals surface area contributed by atoms with Gasteiger partial charge in [-0.3, -0.25) is 4.79 Å². The Balaban J connectivity index is 1.84. The van der Waals surface area contributed by atoms with Gasteiger partial charge < -0.3 is 4.74 Å². The summed E-state index contributed by atoms with van der Waals surface area (Å²) >= 11 is 5.83. The molecule has 0 radical (unpaired) electrons. The standard InChI is InChI=1S/C11H18ClNO2/c1-15-11(14)9-4-2-3-8(5-9)10-6-13(12)7-10/h8-10H,2-7H2,1H3. The van der Waals surface area contributed by atoms with Crippen LogP contribution in [0.4, 0.5) is 0 Å². The average molecular weight is 232 g/mol. The average Bonchev–Trinajstić information content (AvgIpc) is 2.24. The first-order valence-electron chi connectivity index (χ1n) is 5.69. The topological polar surface area (TPSA) is 29.5 Å². The van der Waals surface area contributed by atoms with Crippen molar-refractivity contribution in [3.05, 3.63) is 0 Å². The molecule has 0 amide bonds. The van der Waals surface area contributed by atoms with Gasteiger partial charge in [0, 0.05) is 13.1 Å². The minimum atomic E-state index is -0.0262. The highest BCUT2D eigenvalue weighted by atomic mass is 35.5. The van der Waals surface area contributed by atoms with E-state index in [0.717, 1.165) is 32.4 Å². The molecule has 1 aliphatic carbocycles. The second-order valence-electron chi connectivity index (χ2n) is 4.73. The quantitative estimate of drug-likeness (QED) is 0.538. The molecule has 0 N–H and O–H groups in total. The van der Waals surface area contributed by atoms with Crippen LogP contribution in [0.2, 0.25) is 0 Å². The number of carbonyl (C=O) groups is 1. The Morgan fingerprint density at radius 2 is 2.07 bits per heavy atom. The van der Waals surface area contributed by atoms with Gasteiger partial charge in [0.1, 0.15) is 0 Å². The second kappa shape index (κ2) is 4.71. The largest absolute Gasteiger partial charge is 0.469 e. The maximum Gasteiger partial charge on any atom is 0.308 e. The summed E-state index contributed by atoms with van der Waals surface area (Å²) in [6.45, 7) is 1.97. The molecule has 0 aromatic heterocycles. The molecule has 15 heavy (non-hydrogen) atoms. The molecule has 0 aromatic carbocycles. The molecule has 2 fully saturated rings. The molecule has 1 saturated heterocycles. The third-order valence-electron chi connectivity index (χ3n) is 3.78. The minimum Gasteiger partial charge on any atom is -0.469 e. The van der Waals surface area contributed by atoms with Gasteiger partial charge in [-0.15, -0.1) is 0 Å². The Morgan fingerprint density at radius 3 is 2.67 bits per heavy atom. The van der Waals surface area contributed by atoms with Gasteiger partial charge in [0.2, 0.25) is 0 Å². The third kappa shape index (κ3) is 2.45. The van der Waals surface area contributed by atoms with E-state index in [1.54, 1.807) is 0 Å². The normalized spacial score (nSPS) is 33.5. The lowest BCUT2D eigenvalue weighted by molar-refractivity contribution is -0.147. The molecule has 0 spiro atoms. The third-order valence-corrected chi connectivity index (χ3v) is 4.06. The van der Waals surface area contributed by atoms with E-state index in [2.05, 4.69) is 0 Å². The van der Waals surface area contributed by atoms with Gasteiger partial charge in [-0.2, -0.15) is 0 Å². The number of hydrogen-bond acceptors (Lipinski definition) is 3. The maximum atomic E-state index is 11.4. The van der Waals surface area contributed by atoms with Crippen LogP contribution in [-0.2, 0) is 9.53 Å². The van der Waals surface area contributed by atoms with Crippen LogP contribution >= 0.6 is 11.8 Å². The maximum absolute atomic E-state index is 11.4. The molecule has 2 atom stereocenters. The van der Waals surface area contributed by atoms with Gasteiger partial charge in [0.15, 0.2) is 0 Å². The van der Waals surface area contributed by atoms with Crippen LogP contribution in [0.5, 0.6) is 0 Å². The van der Waals surface area contributed by atoms with Crippen LogP contribution < -0.4 is 0 Å². The van der Waals surface area contributed by atoms with Crippen molar-refractivity contribution in [3.63, 3.8) is 0 Å². The second-order valence-corrected chi connectivity index (χ2v) is 5.21. The predicted molar refractivity (Wildman–Crippen MR) is 58.4 cm³/mol. The lowest BCUT2D eigenvalue weighted by atomic mass is 9.73. The number of nitrogens with zero attached hydrogens (tertiary/aromatic N) is 1. The molecular weight excluding hydrogens is 214 g/mol. The fourth-order valence-corrected chi connectivity index (χ4v) is 3.14. The zero-order valence-corrected chi connectivity index (χ0v) is 9.87. The molecule has 2 aliphatic rings. The lowest BCUT2D eigenvalue weighted by Crippen LogP contribution is -2.46. The highest BCUT2D eigenvalue weighted by Gasteiger charge is 2.37. The summed E-state index contributed by atoms with van der Waals surface area (Å²) in [4.78, 5) is 11.4. The lowest BCUT2D eigenvalue weighted by Gasteiger charge is -2.42.